The Morgan fingerprint density at radius 3 is 3.00 bits per heavy atom. The highest BCUT2D eigenvalue weighted by molar-refractivity contribution is 7.07. The van der Waals surface area contributed by atoms with Gasteiger partial charge in [0.15, 0.2) is 0 Å². The van der Waals surface area contributed by atoms with Gasteiger partial charge in [0.05, 0.1) is 19.2 Å². The van der Waals surface area contributed by atoms with Crippen LogP contribution in [-0.2, 0) is 6.61 Å². The van der Waals surface area contributed by atoms with Crippen LogP contribution in [0.2, 0.25) is 0 Å². The molecule has 2 N–H and O–H groups in total. The third-order valence-corrected chi connectivity index (χ3v) is 2.96. The molecule has 1 aromatic heterocycles. The molecular formula is C12H12N2O3S. The lowest BCUT2D eigenvalue weighted by atomic mass is 10.2. The van der Waals surface area contributed by atoms with Crippen LogP contribution in [0.1, 0.15) is 16.1 Å². The number of methoxy groups -OCH3 is 1. The molecule has 0 saturated heterocycles. The molecule has 0 saturated carbocycles. The van der Waals surface area contributed by atoms with Crippen LogP contribution in [0.5, 0.6) is 5.75 Å². The zero-order chi connectivity index (χ0) is 13.0. The number of amides is 1. The molecule has 2 rings (SSSR count). The number of ether oxygens (including phenoxy) is 1. The predicted molar refractivity (Wildman–Crippen MR) is 69.0 cm³/mol. The van der Waals surface area contributed by atoms with Gasteiger partial charge in [-0.15, -0.1) is 11.3 Å². The molecule has 94 valence electrons. The summed E-state index contributed by atoms with van der Waals surface area (Å²) in [6.45, 7) is -0.149. The summed E-state index contributed by atoms with van der Waals surface area (Å²) in [4.78, 5) is 15.7. The number of nitrogens with zero attached hydrogens (tertiary/aromatic N) is 1. The Morgan fingerprint density at radius 2 is 2.39 bits per heavy atom. The van der Waals surface area contributed by atoms with Crippen LogP contribution in [0.4, 0.5) is 5.69 Å². The Morgan fingerprint density at radius 1 is 1.56 bits per heavy atom. The summed E-state index contributed by atoms with van der Waals surface area (Å²) in [6, 6.07) is 5.08. The highest BCUT2D eigenvalue weighted by Crippen LogP contribution is 2.22. The van der Waals surface area contributed by atoms with Crippen LogP contribution in [0.15, 0.2) is 29.1 Å². The number of anilines is 1. The van der Waals surface area contributed by atoms with Crippen molar-refractivity contribution >= 4 is 22.9 Å². The van der Waals surface area contributed by atoms with E-state index in [2.05, 4.69) is 10.3 Å². The molecule has 0 radical (unpaired) electrons. The minimum absolute atomic E-state index is 0.149. The van der Waals surface area contributed by atoms with Gasteiger partial charge in [-0.25, -0.2) is 4.98 Å². The Labute approximate surface area is 108 Å². The highest BCUT2D eigenvalue weighted by Gasteiger charge is 2.09. The largest absolute Gasteiger partial charge is 0.496 e. The van der Waals surface area contributed by atoms with Crippen LogP contribution in [0.25, 0.3) is 0 Å². The lowest BCUT2D eigenvalue weighted by molar-refractivity contribution is 0.102. The second kappa shape index (κ2) is 5.61. The molecule has 18 heavy (non-hydrogen) atoms. The summed E-state index contributed by atoms with van der Waals surface area (Å²) in [5.74, 6) is 0.314. The van der Waals surface area contributed by atoms with Crippen LogP contribution in [-0.4, -0.2) is 23.1 Å². The Kier molecular flexibility index (Phi) is 3.91. The van der Waals surface area contributed by atoms with Crippen LogP contribution in [0, 0.1) is 0 Å². The maximum Gasteiger partial charge on any atom is 0.275 e. The molecule has 0 atom stereocenters. The molecule has 0 bridgehead atoms. The zero-order valence-electron chi connectivity index (χ0n) is 9.71. The van der Waals surface area contributed by atoms with Crippen molar-refractivity contribution in [2.45, 2.75) is 6.61 Å². The molecule has 0 unspecified atom stereocenters. The average Bonchev–Trinajstić information content (AvgIpc) is 2.92. The normalized spacial score (nSPS) is 10.1. The topological polar surface area (TPSA) is 71.5 Å². The fourth-order valence-electron chi connectivity index (χ4n) is 1.50. The average molecular weight is 264 g/mol. The first-order valence-corrected chi connectivity index (χ1v) is 6.16. The van der Waals surface area contributed by atoms with Crippen molar-refractivity contribution in [1.29, 1.82) is 0 Å². The smallest absolute Gasteiger partial charge is 0.275 e. The summed E-state index contributed by atoms with van der Waals surface area (Å²) < 4.78 is 5.09. The van der Waals surface area contributed by atoms with Crippen molar-refractivity contribution in [3.63, 3.8) is 0 Å². The zero-order valence-corrected chi connectivity index (χ0v) is 10.5. The van der Waals surface area contributed by atoms with Gasteiger partial charge < -0.3 is 15.2 Å². The highest BCUT2D eigenvalue weighted by atomic mass is 32.1. The number of hydrogen-bond acceptors (Lipinski definition) is 5. The molecule has 0 aliphatic rings. The summed E-state index contributed by atoms with van der Waals surface area (Å²) in [6.07, 6.45) is 0. The molecule has 0 spiro atoms. The lowest BCUT2D eigenvalue weighted by Gasteiger charge is -2.09. The maximum atomic E-state index is 11.8. The number of rotatable bonds is 4. The number of benzene rings is 1. The van der Waals surface area contributed by atoms with Gasteiger partial charge >= 0.3 is 0 Å². The van der Waals surface area contributed by atoms with Gasteiger partial charge in [0.25, 0.3) is 5.91 Å². The molecule has 1 heterocycles. The standard InChI is InChI=1S/C12H12N2O3S/c1-17-11-3-2-9(4-8(11)5-15)14-12(16)10-6-18-7-13-10/h2-4,6-7,15H,5H2,1H3,(H,14,16). The van der Waals surface area contributed by atoms with Crippen molar-refractivity contribution in [2.75, 3.05) is 12.4 Å². The number of carbonyl (C=O) groups is 1. The van der Waals surface area contributed by atoms with Gasteiger partial charge in [0.2, 0.25) is 0 Å². The number of aliphatic hydroxyl groups excluding tert-OH is 1. The quantitative estimate of drug-likeness (QED) is 0.884. The monoisotopic (exact) mass is 264 g/mol. The van der Waals surface area contributed by atoms with E-state index >= 15 is 0 Å². The van der Waals surface area contributed by atoms with Crippen molar-refractivity contribution in [3.05, 3.63) is 40.3 Å². The van der Waals surface area contributed by atoms with Crippen molar-refractivity contribution in [1.82, 2.24) is 4.98 Å². The Balaban J connectivity index is 2.17. The second-order valence-electron chi connectivity index (χ2n) is 3.51. The minimum Gasteiger partial charge on any atom is -0.496 e. The Hall–Kier alpha value is -1.92. The molecule has 1 amide bonds. The third kappa shape index (κ3) is 2.66. The van der Waals surface area contributed by atoms with Gasteiger partial charge in [0.1, 0.15) is 11.4 Å². The first-order chi connectivity index (χ1) is 8.74. The van der Waals surface area contributed by atoms with Crippen molar-refractivity contribution < 1.29 is 14.6 Å². The SMILES string of the molecule is COc1ccc(NC(=O)c2cscn2)cc1CO. The molecule has 1 aromatic carbocycles. The van der Waals surface area contributed by atoms with Gasteiger partial charge in [-0.05, 0) is 18.2 Å². The number of aliphatic hydroxyl groups is 1. The van der Waals surface area contributed by atoms with E-state index in [1.807, 2.05) is 0 Å². The summed E-state index contributed by atoms with van der Waals surface area (Å²) >= 11 is 1.36. The van der Waals surface area contributed by atoms with Crippen molar-refractivity contribution in [2.24, 2.45) is 0 Å². The molecule has 6 heteroatoms. The van der Waals surface area contributed by atoms with Crippen LogP contribution < -0.4 is 10.1 Å². The molecular weight excluding hydrogens is 252 g/mol. The molecule has 2 aromatic rings. The predicted octanol–water partition coefficient (Wildman–Crippen LogP) is 1.90. The molecule has 0 aliphatic heterocycles. The van der Waals surface area contributed by atoms with Gasteiger partial charge in [-0.2, -0.15) is 0 Å². The van der Waals surface area contributed by atoms with Crippen LogP contribution >= 0.6 is 11.3 Å². The number of aromatic nitrogens is 1. The Bertz CT molecular complexity index is 540. The first kappa shape index (κ1) is 12.5. The van der Waals surface area contributed by atoms with E-state index < -0.39 is 0 Å². The van der Waals surface area contributed by atoms with E-state index in [1.165, 1.54) is 18.4 Å². The van der Waals surface area contributed by atoms with Crippen LogP contribution in [0.3, 0.4) is 0 Å². The number of hydrogen-bond donors (Lipinski definition) is 2. The fourth-order valence-corrected chi connectivity index (χ4v) is 2.03. The van der Waals surface area contributed by atoms with E-state index in [9.17, 15) is 9.90 Å². The number of carbonyl (C=O) groups excluding carboxylic acids is 1. The summed E-state index contributed by atoms with van der Waals surface area (Å²) in [5.41, 5.74) is 3.19. The summed E-state index contributed by atoms with van der Waals surface area (Å²) in [5, 5.41) is 13.6. The van der Waals surface area contributed by atoms with Gasteiger partial charge in [-0.3, -0.25) is 4.79 Å². The molecule has 0 fully saturated rings. The lowest BCUT2D eigenvalue weighted by Crippen LogP contribution is -2.12. The number of nitrogens with one attached hydrogen (secondary N) is 1. The minimum atomic E-state index is -0.273. The molecule has 5 nitrogen and oxygen atoms in total. The van der Waals surface area contributed by atoms with Gasteiger partial charge in [-0.1, -0.05) is 0 Å². The van der Waals surface area contributed by atoms with E-state index in [0.29, 0.717) is 22.7 Å². The van der Waals surface area contributed by atoms with E-state index in [-0.39, 0.29) is 12.5 Å². The molecule has 0 aliphatic carbocycles. The van der Waals surface area contributed by atoms with E-state index in [4.69, 9.17) is 4.74 Å². The summed E-state index contributed by atoms with van der Waals surface area (Å²) in [7, 11) is 1.53. The fraction of sp³-hybridized carbons (Fsp3) is 0.167. The first-order valence-electron chi connectivity index (χ1n) is 5.22. The van der Waals surface area contributed by atoms with E-state index in [1.54, 1.807) is 29.1 Å². The second-order valence-corrected chi connectivity index (χ2v) is 4.23. The number of thiazole rings is 1. The van der Waals surface area contributed by atoms with Crippen molar-refractivity contribution in [3.8, 4) is 5.75 Å². The van der Waals surface area contributed by atoms with Gasteiger partial charge in [0, 0.05) is 16.6 Å². The third-order valence-electron chi connectivity index (χ3n) is 2.37. The maximum absolute atomic E-state index is 11.8. The van der Waals surface area contributed by atoms with E-state index in [0.717, 1.165) is 0 Å².